The first-order chi connectivity index (χ1) is 10.0. The van der Waals surface area contributed by atoms with Crippen molar-refractivity contribution in [1.29, 1.82) is 0 Å². The summed E-state index contributed by atoms with van der Waals surface area (Å²) in [4.78, 5) is 10.8. The van der Waals surface area contributed by atoms with Crippen LogP contribution in [0, 0.1) is 10.1 Å². The molecule has 0 bridgehead atoms. The number of nitro groups is 1. The zero-order chi connectivity index (χ0) is 15.7. The lowest BCUT2D eigenvalue weighted by Crippen LogP contribution is -2.21. The first kappa shape index (κ1) is 17.8. The van der Waals surface area contributed by atoms with Crippen LogP contribution in [0.25, 0.3) is 0 Å². The van der Waals surface area contributed by atoms with E-state index in [1.165, 1.54) is 0 Å². The van der Waals surface area contributed by atoms with Crippen LogP contribution in [0.2, 0.25) is 0 Å². The van der Waals surface area contributed by atoms with Gasteiger partial charge in [0.2, 0.25) is 0 Å². The maximum absolute atomic E-state index is 11.1. The van der Waals surface area contributed by atoms with Gasteiger partial charge in [0.25, 0.3) is 0 Å². The number of benzene rings is 1. The van der Waals surface area contributed by atoms with Gasteiger partial charge in [0.15, 0.2) is 5.75 Å². The molecule has 6 heteroatoms. The van der Waals surface area contributed by atoms with Gasteiger partial charge in [-0.1, -0.05) is 26.8 Å². The predicted molar refractivity (Wildman–Crippen MR) is 88.2 cm³/mol. The van der Waals surface area contributed by atoms with Crippen LogP contribution in [0.3, 0.4) is 0 Å². The Morgan fingerprint density at radius 1 is 1.43 bits per heavy atom. The normalized spacial score (nSPS) is 10.9. The van der Waals surface area contributed by atoms with Gasteiger partial charge in [0, 0.05) is 18.7 Å². The number of nitro benzene ring substituents is 1. The average Bonchev–Trinajstić information content (AvgIpc) is 2.45. The molecular formula is C15H24N2O3S. The highest BCUT2D eigenvalue weighted by atomic mass is 32.2. The van der Waals surface area contributed by atoms with E-state index in [0.29, 0.717) is 24.9 Å². The molecule has 118 valence electrons. The van der Waals surface area contributed by atoms with Gasteiger partial charge in [-0.25, -0.2) is 0 Å². The number of ether oxygens (including phenoxy) is 1. The van der Waals surface area contributed by atoms with Crippen molar-refractivity contribution in [2.75, 3.05) is 18.1 Å². The molecule has 0 spiro atoms. The smallest absolute Gasteiger partial charge is 0.311 e. The van der Waals surface area contributed by atoms with Crippen LogP contribution in [0.4, 0.5) is 5.69 Å². The van der Waals surface area contributed by atoms with Gasteiger partial charge in [-0.05, 0) is 29.6 Å². The molecule has 0 atom stereocenters. The topological polar surface area (TPSA) is 64.4 Å². The van der Waals surface area contributed by atoms with E-state index in [-0.39, 0.29) is 10.6 Å². The molecule has 0 fully saturated rings. The second-order valence-corrected chi connectivity index (χ2v) is 6.39. The van der Waals surface area contributed by atoms with Gasteiger partial charge >= 0.3 is 5.69 Å². The van der Waals surface area contributed by atoms with Crippen molar-refractivity contribution >= 4 is 17.4 Å². The molecule has 21 heavy (non-hydrogen) atoms. The van der Waals surface area contributed by atoms with Gasteiger partial charge in [-0.3, -0.25) is 10.1 Å². The number of nitrogens with one attached hydrogen (secondary N) is 1. The van der Waals surface area contributed by atoms with Gasteiger partial charge in [-0.15, -0.1) is 0 Å². The molecule has 0 aliphatic heterocycles. The number of thioether (sulfide) groups is 1. The molecule has 5 nitrogen and oxygen atoms in total. The van der Waals surface area contributed by atoms with E-state index in [1.807, 2.05) is 31.7 Å². The minimum atomic E-state index is -0.380. The lowest BCUT2D eigenvalue weighted by atomic mass is 10.2. The molecule has 1 aromatic carbocycles. The Hall–Kier alpha value is -1.27. The van der Waals surface area contributed by atoms with Gasteiger partial charge < -0.3 is 10.1 Å². The first-order valence-corrected chi connectivity index (χ1v) is 8.41. The van der Waals surface area contributed by atoms with Crippen molar-refractivity contribution in [2.45, 2.75) is 39.8 Å². The fourth-order valence-corrected chi connectivity index (χ4v) is 2.36. The Morgan fingerprint density at radius 2 is 2.19 bits per heavy atom. The van der Waals surface area contributed by atoms with Crippen molar-refractivity contribution in [3.63, 3.8) is 0 Å². The van der Waals surface area contributed by atoms with Crippen LogP contribution in [0.15, 0.2) is 18.2 Å². The zero-order valence-corrected chi connectivity index (χ0v) is 13.7. The summed E-state index contributed by atoms with van der Waals surface area (Å²) in [6, 6.07) is 5.50. The Kier molecular flexibility index (Phi) is 8.15. The molecule has 0 saturated heterocycles. The van der Waals surface area contributed by atoms with E-state index < -0.39 is 0 Å². The molecule has 0 radical (unpaired) electrons. The Balaban J connectivity index is 2.64. The molecule has 0 heterocycles. The van der Waals surface area contributed by atoms with Gasteiger partial charge in [-0.2, -0.15) is 11.8 Å². The summed E-state index contributed by atoms with van der Waals surface area (Å²) in [6.07, 6.45) is 0.895. The van der Waals surface area contributed by atoms with E-state index >= 15 is 0 Å². The summed E-state index contributed by atoms with van der Waals surface area (Å²) in [7, 11) is 0. The third kappa shape index (κ3) is 6.82. The van der Waals surface area contributed by atoms with Gasteiger partial charge in [0.05, 0.1) is 11.5 Å². The number of nitrogens with zero attached hydrogens (tertiary/aromatic N) is 1. The van der Waals surface area contributed by atoms with E-state index in [9.17, 15) is 10.1 Å². The minimum absolute atomic E-state index is 0.0428. The highest BCUT2D eigenvalue weighted by Gasteiger charge is 2.16. The van der Waals surface area contributed by atoms with E-state index in [4.69, 9.17) is 4.74 Å². The lowest BCUT2D eigenvalue weighted by molar-refractivity contribution is -0.385. The molecule has 0 saturated carbocycles. The van der Waals surface area contributed by atoms with Crippen LogP contribution in [-0.2, 0) is 6.54 Å². The maximum Gasteiger partial charge on any atom is 0.311 e. The third-order valence-electron chi connectivity index (χ3n) is 2.83. The molecule has 1 aromatic rings. The third-order valence-corrected chi connectivity index (χ3v) is 3.81. The van der Waals surface area contributed by atoms with Crippen molar-refractivity contribution < 1.29 is 9.66 Å². The second kappa shape index (κ2) is 9.63. The summed E-state index contributed by atoms with van der Waals surface area (Å²) in [5.74, 6) is 2.45. The maximum atomic E-state index is 11.1. The van der Waals surface area contributed by atoms with Crippen molar-refractivity contribution in [3.8, 4) is 5.75 Å². The summed E-state index contributed by atoms with van der Waals surface area (Å²) in [5.41, 5.74) is 0.936. The quantitative estimate of drug-likeness (QED) is 0.406. The molecule has 0 amide bonds. The first-order valence-electron chi connectivity index (χ1n) is 7.25. The molecular weight excluding hydrogens is 288 g/mol. The van der Waals surface area contributed by atoms with E-state index in [0.717, 1.165) is 23.5 Å². The molecule has 0 aliphatic rings. The monoisotopic (exact) mass is 312 g/mol. The SMILES string of the molecule is CCSCCCOc1ccc(CNC(C)C)cc1[N+](=O)[O-]. The van der Waals surface area contributed by atoms with Crippen molar-refractivity contribution in [2.24, 2.45) is 0 Å². The summed E-state index contributed by atoms with van der Waals surface area (Å²) in [5, 5.41) is 14.4. The fourth-order valence-electron chi connectivity index (χ4n) is 1.75. The summed E-state index contributed by atoms with van der Waals surface area (Å²) in [6.45, 7) is 7.32. The largest absolute Gasteiger partial charge is 0.487 e. The molecule has 0 aromatic heterocycles. The molecule has 0 aliphatic carbocycles. The Bertz CT molecular complexity index is 453. The van der Waals surface area contributed by atoms with E-state index in [2.05, 4.69) is 12.2 Å². The van der Waals surface area contributed by atoms with Crippen LogP contribution in [-0.4, -0.2) is 29.1 Å². The Labute approximate surface area is 130 Å². The fraction of sp³-hybridized carbons (Fsp3) is 0.600. The summed E-state index contributed by atoms with van der Waals surface area (Å²) >= 11 is 1.84. The zero-order valence-electron chi connectivity index (χ0n) is 12.9. The Morgan fingerprint density at radius 3 is 2.81 bits per heavy atom. The average molecular weight is 312 g/mol. The van der Waals surface area contributed by atoms with Crippen molar-refractivity contribution in [3.05, 3.63) is 33.9 Å². The number of hydrogen-bond donors (Lipinski definition) is 1. The number of rotatable bonds is 10. The highest BCUT2D eigenvalue weighted by Crippen LogP contribution is 2.28. The second-order valence-electron chi connectivity index (χ2n) is 4.99. The minimum Gasteiger partial charge on any atom is -0.487 e. The highest BCUT2D eigenvalue weighted by molar-refractivity contribution is 7.99. The van der Waals surface area contributed by atoms with Crippen LogP contribution in [0.5, 0.6) is 5.75 Å². The van der Waals surface area contributed by atoms with Crippen LogP contribution in [0.1, 0.15) is 32.8 Å². The lowest BCUT2D eigenvalue weighted by Gasteiger charge is -2.10. The standard InChI is InChI=1S/C15H24N2O3S/c1-4-21-9-5-8-20-15-7-6-13(11-16-12(2)3)10-14(15)17(18)19/h6-7,10,12,16H,4-5,8-9,11H2,1-3H3. The van der Waals surface area contributed by atoms with Gasteiger partial charge in [0.1, 0.15) is 0 Å². The molecule has 0 unspecified atom stereocenters. The van der Waals surface area contributed by atoms with Crippen LogP contribution >= 0.6 is 11.8 Å². The number of hydrogen-bond acceptors (Lipinski definition) is 5. The summed E-state index contributed by atoms with van der Waals surface area (Å²) < 4.78 is 5.55. The molecule has 1 N–H and O–H groups in total. The predicted octanol–water partition coefficient (Wildman–Crippen LogP) is 3.61. The van der Waals surface area contributed by atoms with Crippen molar-refractivity contribution in [1.82, 2.24) is 5.32 Å². The van der Waals surface area contributed by atoms with Crippen LogP contribution < -0.4 is 10.1 Å². The van der Waals surface area contributed by atoms with E-state index in [1.54, 1.807) is 12.1 Å². The molecule has 1 rings (SSSR count).